The van der Waals surface area contributed by atoms with Gasteiger partial charge >= 0.3 is 0 Å². The molecule has 1 atom stereocenters. The van der Waals surface area contributed by atoms with Crippen molar-refractivity contribution in [2.75, 3.05) is 0 Å². The van der Waals surface area contributed by atoms with Gasteiger partial charge in [0, 0.05) is 13.7 Å². The van der Waals surface area contributed by atoms with Gasteiger partial charge in [-0.15, -0.1) is 11.6 Å². The lowest BCUT2D eigenvalue weighted by Crippen LogP contribution is -2.01. The summed E-state index contributed by atoms with van der Waals surface area (Å²) in [5.41, 5.74) is 3.09. The van der Waals surface area contributed by atoms with Crippen molar-refractivity contribution in [2.24, 2.45) is 0 Å². The van der Waals surface area contributed by atoms with Gasteiger partial charge in [0.25, 0.3) is 0 Å². The third kappa shape index (κ3) is 2.61. The Bertz CT molecular complexity index is 765. The molecule has 2 nitrogen and oxygen atoms in total. The predicted octanol–water partition coefficient (Wildman–Crippen LogP) is 5.69. The summed E-state index contributed by atoms with van der Waals surface area (Å²) in [7, 11) is 0. The Labute approximate surface area is 144 Å². The van der Waals surface area contributed by atoms with Crippen LogP contribution >= 0.6 is 50.1 Å². The fourth-order valence-corrected chi connectivity index (χ4v) is 3.05. The van der Waals surface area contributed by atoms with Crippen LogP contribution in [0.2, 0.25) is 0 Å². The fraction of sp³-hybridized carbons (Fsp3) is 0.133. The Morgan fingerprint density at radius 2 is 1.90 bits per heavy atom. The van der Waals surface area contributed by atoms with Gasteiger partial charge < -0.3 is 0 Å². The predicted molar refractivity (Wildman–Crippen MR) is 95.8 cm³/mol. The van der Waals surface area contributed by atoms with Crippen LogP contribution in [-0.4, -0.2) is 9.55 Å². The summed E-state index contributed by atoms with van der Waals surface area (Å²) in [6, 6.07) is 14.4. The summed E-state index contributed by atoms with van der Waals surface area (Å²) in [4.78, 5) is 4.66. The van der Waals surface area contributed by atoms with E-state index < -0.39 is 0 Å². The number of rotatable bonds is 2. The SMILES string of the molecule is CC(Cl)c1nc2ccc(Br)cc2n1-c1ccc(I)cc1. The number of imidazole rings is 1. The molecule has 20 heavy (non-hydrogen) atoms. The first-order valence-corrected chi connectivity index (χ1v) is 8.45. The highest BCUT2D eigenvalue weighted by Crippen LogP contribution is 2.30. The Balaban J connectivity index is 2.33. The first-order chi connectivity index (χ1) is 9.56. The van der Waals surface area contributed by atoms with E-state index in [1.54, 1.807) is 0 Å². The standard InChI is InChI=1S/C15H11BrClIN2/c1-9(17)15-19-13-7-2-10(16)8-14(13)20(15)12-5-3-11(18)4-6-12/h2-9H,1H3. The van der Waals surface area contributed by atoms with Crippen LogP contribution in [0.4, 0.5) is 0 Å². The first kappa shape index (κ1) is 14.4. The average Bonchev–Trinajstić information content (AvgIpc) is 2.78. The Hall–Kier alpha value is -0.590. The van der Waals surface area contributed by atoms with E-state index in [0.29, 0.717) is 0 Å². The van der Waals surface area contributed by atoms with Crippen LogP contribution in [0, 0.1) is 3.57 Å². The molecular formula is C15H11BrClIN2. The van der Waals surface area contributed by atoms with Gasteiger partial charge in [-0.25, -0.2) is 4.98 Å². The summed E-state index contributed by atoms with van der Waals surface area (Å²) in [6.45, 7) is 1.95. The normalized spacial score (nSPS) is 12.8. The number of halogens is 3. The molecule has 0 N–H and O–H groups in total. The molecule has 1 heterocycles. The molecule has 1 unspecified atom stereocenters. The van der Waals surface area contributed by atoms with Crippen molar-refractivity contribution in [2.45, 2.75) is 12.3 Å². The Morgan fingerprint density at radius 1 is 1.20 bits per heavy atom. The van der Waals surface area contributed by atoms with E-state index in [1.807, 2.05) is 19.1 Å². The van der Waals surface area contributed by atoms with E-state index in [2.05, 4.69) is 78.4 Å². The summed E-state index contributed by atoms with van der Waals surface area (Å²) in [5, 5.41) is -0.152. The largest absolute Gasteiger partial charge is 0.295 e. The molecule has 0 saturated heterocycles. The molecule has 2 aromatic carbocycles. The van der Waals surface area contributed by atoms with Crippen molar-refractivity contribution < 1.29 is 0 Å². The van der Waals surface area contributed by atoms with Crippen LogP contribution in [0.3, 0.4) is 0 Å². The van der Waals surface area contributed by atoms with Gasteiger partial charge in [0.2, 0.25) is 0 Å². The highest BCUT2D eigenvalue weighted by molar-refractivity contribution is 14.1. The molecule has 5 heteroatoms. The molecule has 0 fully saturated rings. The van der Waals surface area contributed by atoms with E-state index >= 15 is 0 Å². The smallest absolute Gasteiger partial charge is 0.132 e. The zero-order valence-electron chi connectivity index (χ0n) is 10.6. The highest BCUT2D eigenvalue weighted by Gasteiger charge is 2.16. The van der Waals surface area contributed by atoms with Crippen molar-refractivity contribution in [1.82, 2.24) is 9.55 Å². The summed E-state index contributed by atoms with van der Waals surface area (Å²) >= 11 is 12.1. The number of benzene rings is 2. The second-order valence-corrected chi connectivity index (χ2v) is 7.35. The van der Waals surface area contributed by atoms with Gasteiger partial charge in [0.15, 0.2) is 0 Å². The number of alkyl halides is 1. The van der Waals surface area contributed by atoms with Crippen molar-refractivity contribution in [1.29, 1.82) is 0 Å². The van der Waals surface area contributed by atoms with Crippen LogP contribution < -0.4 is 0 Å². The number of aromatic nitrogens is 2. The molecule has 0 aliphatic carbocycles. The minimum Gasteiger partial charge on any atom is -0.295 e. The highest BCUT2D eigenvalue weighted by atomic mass is 127. The Kier molecular flexibility index (Phi) is 4.06. The van der Waals surface area contributed by atoms with Crippen molar-refractivity contribution >= 4 is 61.2 Å². The Morgan fingerprint density at radius 3 is 2.55 bits per heavy atom. The molecule has 3 rings (SSSR count). The molecule has 3 aromatic rings. The van der Waals surface area contributed by atoms with E-state index in [4.69, 9.17) is 11.6 Å². The third-order valence-corrected chi connectivity index (χ3v) is 4.49. The monoisotopic (exact) mass is 460 g/mol. The maximum atomic E-state index is 6.30. The van der Waals surface area contributed by atoms with Gasteiger partial charge in [-0.1, -0.05) is 15.9 Å². The van der Waals surface area contributed by atoms with Gasteiger partial charge in [-0.05, 0) is 72.0 Å². The third-order valence-electron chi connectivity index (χ3n) is 3.08. The van der Waals surface area contributed by atoms with Crippen molar-refractivity contribution in [3.8, 4) is 5.69 Å². The number of hydrogen-bond acceptors (Lipinski definition) is 1. The second kappa shape index (κ2) is 5.66. The maximum Gasteiger partial charge on any atom is 0.132 e. The summed E-state index contributed by atoms with van der Waals surface area (Å²) in [5.74, 6) is 0.862. The van der Waals surface area contributed by atoms with Crippen LogP contribution in [0.25, 0.3) is 16.7 Å². The van der Waals surface area contributed by atoms with E-state index in [0.717, 1.165) is 27.0 Å². The minimum absolute atomic E-state index is 0.152. The van der Waals surface area contributed by atoms with E-state index in [9.17, 15) is 0 Å². The fourth-order valence-electron chi connectivity index (χ4n) is 2.20. The lowest BCUT2D eigenvalue weighted by Gasteiger charge is -2.10. The molecule has 0 aliphatic rings. The van der Waals surface area contributed by atoms with Gasteiger partial charge in [0.1, 0.15) is 5.82 Å². The molecular weight excluding hydrogens is 450 g/mol. The number of hydrogen-bond donors (Lipinski definition) is 0. The lowest BCUT2D eigenvalue weighted by atomic mass is 10.2. The van der Waals surface area contributed by atoms with Gasteiger partial charge in [-0.2, -0.15) is 0 Å². The molecule has 0 spiro atoms. The van der Waals surface area contributed by atoms with Crippen molar-refractivity contribution in [3.05, 3.63) is 56.3 Å². The first-order valence-electron chi connectivity index (χ1n) is 6.14. The van der Waals surface area contributed by atoms with E-state index in [1.165, 1.54) is 3.57 Å². The zero-order chi connectivity index (χ0) is 14.3. The molecule has 0 amide bonds. The van der Waals surface area contributed by atoms with Crippen LogP contribution in [0.5, 0.6) is 0 Å². The second-order valence-electron chi connectivity index (χ2n) is 4.53. The van der Waals surface area contributed by atoms with Crippen LogP contribution in [-0.2, 0) is 0 Å². The maximum absolute atomic E-state index is 6.30. The minimum atomic E-state index is -0.152. The van der Waals surface area contributed by atoms with Crippen molar-refractivity contribution in [3.63, 3.8) is 0 Å². The van der Waals surface area contributed by atoms with Gasteiger partial charge in [-0.3, -0.25) is 4.57 Å². The van der Waals surface area contributed by atoms with E-state index in [-0.39, 0.29) is 5.38 Å². The number of fused-ring (bicyclic) bond motifs is 1. The summed E-state index contributed by atoms with van der Waals surface area (Å²) in [6.07, 6.45) is 0. The average molecular weight is 462 g/mol. The molecule has 0 saturated carbocycles. The molecule has 102 valence electrons. The molecule has 0 radical (unpaired) electrons. The molecule has 0 bridgehead atoms. The van der Waals surface area contributed by atoms with Crippen LogP contribution in [0.1, 0.15) is 18.1 Å². The summed E-state index contributed by atoms with van der Waals surface area (Å²) < 4.78 is 4.36. The quantitative estimate of drug-likeness (QED) is 0.354. The van der Waals surface area contributed by atoms with Gasteiger partial charge in [0.05, 0.1) is 16.4 Å². The van der Waals surface area contributed by atoms with Crippen LogP contribution in [0.15, 0.2) is 46.9 Å². The number of nitrogens with zero attached hydrogens (tertiary/aromatic N) is 2. The topological polar surface area (TPSA) is 17.8 Å². The molecule has 1 aromatic heterocycles. The molecule has 0 aliphatic heterocycles. The lowest BCUT2D eigenvalue weighted by molar-refractivity contribution is 0.882. The zero-order valence-corrected chi connectivity index (χ0v) is 15.1.